The van der Waals surface area contributed by atoms with Gasteiger partial charge in [0.15, 0.2) is 0 Å². The number of nitrogens with zero attached hydrogens (tertiary/aromatic N) is 2. The Morgan fingerprint density at radius 3 is 2.48 bits per heavy atom. The molecule has 1 saturated heterocycles. The number of nitrogens with two attached hydrogens (primary N) is 1. The van der Waals surface area contributed by atoms with Crippen molar-refractivity contribution in [2.75, 3.05) is 18.8 Å². The molecule has 21 heavy (non-hydrogen) atoms. The van der Waals surface area contributed by atoms with Crippen molar-refractivity contribution in [3.63, 3.8) is 0 Å². The summed E-state index contributed by atoms with van der Waals surface area (Å²) in [5, 5.41) is 0. The molecule has 1 aliphatic heterocycles. The van der Waals surface area contributed by atoms with Crippen LogP contribution in [0.2, 0.25) is 0 Å². The van der Waals surface area contributed by atoms with Gasteiger partial charge in [-0.25, -0.2) is 9.78 Å². The minimum absolute atomic E-state index is 0.215. The minimum Gasteiger partial charge on any atom is -0.444 e. The number of anilines is 1. The second-order valence-electron chi connectivity index (χ2n) is 6.65. The van der Waals surface area contributed by atoms with Crippen LogP contribution in [0.5, 0.6) is 0 Å². The van der Waals surface area contributed by atoms with E-state index in [0.717, 1.165) is 31.6 Å². The maximum absolute atomic E-state index is 12.0. The van der Waals surface area contributed by atoms with Gasteiger partial charge < -0.3 is 15.4 Å². The second-order valence-corrected chi connectivity index (χ2v) is 6.65. The smallest absolute Gasteiger partial charge is 0.410 e. The summed E-state index contributed by atoms with van der Waals surface area (Å²) in [6.45, 7) is 9.11. The number of amides is 1. The van der Waals surface area contributed by atoms with Gasteiger partial charge in [-0.1, -0.05) is 6.07 Å². The summed E-state index contributed by atoms with van der Waals surface area (Å²) in [6, 6.07) is 3.91. The number of nitrogen functional groups attached to an aromatic ring is 1. The van der Waals surface area contributed by atoms with Crippen LogP contribution in [0.15, 0.2) is 12.1 Å². The average Bonchev–Trinajstić information content (AvgIpc) is 2.37. The summed E-state index contributed by atoms with van der Waals surface area (Å²) in [6.07, 6.45) is 1.66. The molecule has 2 N–H and O–H groups in total. The first-order valence-electron chi connectivity index (χ1n) is 7.47. The summed E-state index contributed by atoms with van der Waals surface area (Å²) in [5.41, 5.74) is 7.49. The van der Waals surface area contributed by atoms with Crippen LogP contribution in [-0.2, 0) is 4.74 Å². The first-order chi connectivity index (χ1) is 9.76. The largest absolute Gasteiger partial charge is 0.444 e. The van der Waals surface area contributed by atoms with Gasteiger partial charge in [0.2, 0.25) is 0 Å². The van der Waals surface area contributed by atoms with Gasteiger partial charge in [0.25, 0.3) is 0 Å². The van der Waals surface area contributed by atoms with Gasteiger partial charge in [-0.05, 0) is 58.1 Å². The monoisotopic (exact) mass is 291 g/mol. The van der Waals surface area contributed by atoms with Crippen LogP contribution in [0.3, 0.4) is 0 Å². The fourth-order valence-electron chi connectivity index (χ4n) is 2.72. The summed E-state index contributed by atoms with van der Waals surface area (Å²) in [5.74, 6) is 0.999. The van der Waals surface area contributed by atoms with Gasteiger partial charge in [-0.2, -0.15) is 0 Å². The molecule has 0 atom stereocenters. The van der Waals surface area contributed by atoms with E-state index in [9.17, 15) is 4.79 Å². The molecule has 1 fully saturated rings. The zero-order valence-electron chi connectivity index (χ0n) is 13.3. The Labute approximate surface area is 126 Å². The molecule has 0 unspecified atom stereocenters. The number of piperidine rings is 1. The number of likely N-dealkylation sites (tertiary alicyclic amines) is 1. The van der Waals surface area contributed by atoms with E-state index < -0.39 is 5.60 Å². The van der Waals surface area contributed by atoms with Gasteiger partial charge in [0, 0.05) is 18.8 Å². The number of hydrogen-bond acceptors (Lipinski definition) is 4. The van der Waals surface area contributed by atoms with Crippen LogP contribution in [0.4, 0.5) is 10.6 Å². The van der Waals surface area contributed by atoms with Gasteiger partial charge in [0.05, 0.1) is 0 Å². The predicted octanol–water partition coefficient (Wildman–Crippen LogP) is 3.09. The van der Waals surface area contributed by atoms with E-state index in [-0.39, 0.29) is 6.09 Å². The first-order valence-corrected chi connectivity index (χ1v) is 7.47. The fraction of sp³-hybridized carbons (Fsp3) is 0.625. The molecule has 2 heterocycles. The van der Waals surface area contributed by atoms with Crippen molar-refractivity contribution in [3.05, 3.63) is 23.4 Å². The molecule has 0 radical (unpaired) electrons. The molecule has 0 aromatic carbocycles. The van der Waals surface area contributed by atoms with E-state index in [4.69, 9.17) is 10.5 Å². The van der Waals surface area contributed by atoms with Crippen LogP contribution in [0.25, 0.3) is 0 Å². The third kappa shape index (κ3) is 4.09. The van der Waals surface area contributed by atoms with Crippen molar-refractivity contribution in [2.45, 2.75) is 52.1 Å². The lowest BCUT2D eigenvalue weighted by Crippen LogP contribution is -2.41. The van der Waals surface area contributed by atoms with Crippen LogP contribution >= 0.6 is 0 Å². The molecule has 0 aliphatic carbocycles. The maximum Gasteiger partial charge on any atom is 0.410 e. The fourth-order valence-corrected chi connectivity index (χ4v) is 2.72. The molecule has 1 aromatic heterocycles. The highest BCUT2D eigenvalue weighted by Gasteiger charge is 2.28. The maximum atomic E-state index is 12.0. The number of aromatic nitrogens is 1. The Hall–Kier alpha value is -1.78. The number of carbonyl (C=O) groups excluding carboxylic acids is 1. The lowest BCUT2D eigenvalue weighted by atomic mass is 9.89. The summed E-state index contributed by atoms with van der Waals surface area (Å²) in [7, 11) is 0. The van der Waals surface area contributed by atoms with Gasteiger partial charge in [0.1, 0.15) is 11.4 Å². The number of rotatable bonds is 1. The molecule has 0 spiro atoms. The van der Waals surface area contributed by atoms with Crippen molar-refractivity contribution in [1.82, 2.24) is 9.88 Å². The molecule has 1 aliphatic rings. The van der Waals surface area contributed by atoms with Crippen molar-refractivity contribution in [1.29, 1.82) is 0 Å². The highest BCUT2D eigenvalue weighted by Crippen LogP contribution is 2.30. The molecular formula is C16H25N3O2. The highest BCUT2D eigenvalue weighted by atomic mass is 16.6. The SMILES string of the molecule is Cc1nc(N)ccc1C1CCN(C(=O)OC(C)(C)C)CC1. The zero-order valence-corrected chi connectivity index (χ0v) is 13.3. The standard InChI is InChI=1S/C16H25N3O2/c1-11-13(5-6-14(17)18-11)12-7-9-19(10-8-12)15(20)21-16(2,3)4/h5-6,12H,7-10H2,1-4H3,(H2,17,18). The normalized spacial score (nSPS) is 16.9. The molecule has 0 bridgehead atoms. The molecular weight excluding hydrogens is 266 g/mol. The van der Waals surface area contributed by atoms with E-state index in [1.54, 1.807) is 4.90 Å². The third-order valence-electron chi connectivity index (χ3n) is 3.73. The lowest BCUT2D eigenvalue weighted by molar-refractivity contribution is 0.0205. The van der Waals surface area contributed by atoms with Crippen LogP contribution < -0.4 is 5.73 Å². The minimum atomic E-state index is -0.439. The Balaban J connectivity index is 1.95. The average molecular weight is 291 g/mol. The molecule has 5 heteroatoms. The summed E-state index contributed by atoms with van der Waals surface area (Å²) in [4.78, 5) is 18.2. The van der Waals surface area contributed by atoms with Crippen LogP contribution in [-0.4, -0.2) is 34.7 Å². The van der Waals surface area contributed by atoms with Crippen molar-refractivity contribution < 1.29 is 9.53 Å². The Kier molecular flexibility index (Phi) is 4.40. The number of aryl methyl sites for hydroxylation is 1. The summed E-state index contributed by atoms with van der Waals surface area (Å²) < 4.78 is 5.42. The topological polar surface area (TPSA) is 68.5 Å². The highest BCUT2D eigenvalue weighted by molar-refractivity contribution is 5.68. The Bertz CT molecular complexity index is 515. The number of hydrogen-bond donors (Lipinski definition) is 1. The first kappa shape index (κ1) is 15.6. The van der Waals surface area contributed by atoms with E-state index in [0.29, 0.717) is 11.7 Å². The number of carbonyl (C=O) groups is 1. The van der Waals surface area contributed by atoms with Crippen molar-refractivity contribution >= 4 is 11.9 Å². The number of ether oxygens (including phenoxy) is 1. The van der Waals surface area contributed by atoms with Crippen molar-refractivity contribution in [3.8, 4) is 0 Å². The van der Waals surface area contributed by atoms with E-state index in [1.807, 2.05) is 33.8 Å². The van der Waals surface area contributed by atoms with Crippen molar-refractivity contribution in [2.24, 2.45) is 0 Å². The molecule has 0 saturated carbocycles. The summed E-state index contributed by atoms with van der Waals surface area (Å²) >= 11 is 0. The van der Waals surface area contributed by atoms with Gasteiger partial charge >= 0.3 is 6.09 Å². The zero-order chi connectivity index (χ0) is 15.6. The third-order valence-corrected chi connectivity index (χ3v) is 3.73. The van der Waals surface area contributed by atoms with Crippen LogP contribution in [0.1, 0.15) is 50.8 Å². The Morgan fingerprint density at radius 2 is 1.95 bits per heavy atom. The second kappa shape index (κ2) is 5.92. The molecule has 5 nitrogen and oxygen atoms in total. The quantitative estimate of drug-likeness (QED) is 0.863. The molecule has 1 amide bonds. The lowest BCUT2D eigenvalue weighted by Gasteiger charge is -2.33. The Morgan fingerprint density at radius 1 is 1.33 bits per heavy atom. The van der Waals surface area contributed by atoms with E-state index >= 15 is 0 Å². The molecule has 2 rings (SSSR count). The molecule has 116 valence electrons. The van der Waals surface area contributed by atoms with Crippen LogP contribution in [0, 0.1) is 6.92 Å². The predicted molar refractivity (Wildman–Crippen MR) is 83.2 cm³/mol. The van der Waals surface area contributed by atoms with E-state index in [1.165, 1.54) is 5.56 Å². The van der Waals surface area contributed by atoms with Gasteiger partial charge in [-0.3, -0.25) is 0 Å². The number of pyridine rings is 1. The van der Waals surface area contributed by atoms with Gasteiger partial charge in [-0.15, -0.1) is 0 Å². The molecule has 1 aromatic rings. The van der Waals surface area contributed by atoms with E-state index in [2.05, 4.69) is 11.1 Å².